The maximum atomic E-state index is 5.91. The number of hydrogen-bond donors (Lipinski definition) is 1. The Hall–Kier alpha value is -0.800. The van der Waals surface area contributed by atoms with Gasteiger partial charge >= 0.3 is 0 Å². The minimum atomic E-state index is 0.0769. The van der Waals surface area contributed by atoms with Gasteiger partial charge in [-0.3, -0.25) is 0 Å². The zero-order chi connectivity index (χ0) is 10.3. The maximum absolute atomic E-state index is 5.91. The van der Waals surface area contributed by atoms with Gasteiger partial charge in [0.1, 0.15) is 0 Å². The third-order valence-corrected chi connectivity index (χ3v) is 3.11. The second kappa shape index (κ2) is 3.41. The van der Waals surface area contributed by atoms with E-state index in [0.717, 1.165) is 4.47 Å². The molecule has 0 bridgehead atoms. The maximum Gasteiger partial charge on any atom is 0.0625 e. The van der Waals surface area contributed by atoms with Crippen molar-refractivity contribution < 1.29 is 0 Å². The second-order valence-electron chi connectivity index (χ2n) is 3.62. The molecule has 14 heavy (non-hydrogen) atoms. The van der Waals surface area contributed by atoms with Crippen LogP contribution < -0.4 is 5.73 Å². The lowest BCUT2D eigenvalue weighted by atomic mass is 10.1. The Morgan fingerprint density at radius 1 is 1.43 bits per heavy atom. The zero-order valence-electron chi connectivity index (χ0n) is 8.29. The van der Waals surface area contributed by atoms with Crippen LogP contribution in [0.5, 0.6) is 0 Å². The SMILES string of the molecule is CC(N)c1cn(C)c2c(Br)cccc12. The molecule has 2 N–H and O–H groups in total. The summed E-state index contributed by atoms with van der Waals surface area (Å²) in [5.74, 6) is 0. The molecular formula is C11H13BrN2. The molecule has 1 atom stereocenters. The summed E-state index contributed by atoms with van der Waals surface area (Å²) in [6.45, 7) is 2.01. The number of nitrogens with two attached hydrogens (primary N) is 1. The summed E-state index contributed by atoms with van der Waals surface area (Å²) >= 11 is 3.55. The first-order valence-corrected chi connectivity index (χ1v) is 5.39. The normalized spacial score (nSPS) is 13.4. The van der Waals surface area contributed by atoms with Crippen LogP contribution in [-0.2, 0) is 7.05 Å². The van der Waals surface area contributed by atoms with E-state index in [1.165, 1.54) is 16.5 Å². The first-order chi connectivity index (χ1) is 6.61. The first-order valence-electron chi connectivity index (χ1n) is 4.60. The minimum absolute atomic E-state index is 0.0769. The highest BCUT2D eigenvalue weighted by Gasteiger charge is 2.11. The van der Waals surface area contributed by atoms with Crippen molar-refractivity contribution in [3.8, 4) is 0 Å². The van der Waals surface area contributed by atoms with E-state index < -0.39 is 0 Å². The van der Waals surface area contributed by atoms with Crippen molar-refractivity contribution in [2.45, 2.75) is 13.0 Å². The van der Waals surface area contributed by atoms with Gasteiger partial charge < -0.3 is 10.3 Å². The van der Waals surface area contributed by atoms with E-state index in [4.69, 9.17) is 5.73 Å². The van der Waals surface area contributed by atoms with Crippen LogP contribution in [0.15, 0.2) is 28.9 Å². The Bertz CT molecular complexity index is 471. The van der Waals surface area contributed by atoms with E-state index in [-0.39, 0.29) is 6.04 Å². The van der Waals surface area contributed by atoms with Crippen molar-refractivity contribution in [2.24, 2.45) is 12.8 Å². The predicted octanol–water partition coefficient (Wildman–Crippen LogP) is 2.96. The van der Waals surface area contributed by atoms with Gasteiger partial charge in [0.05, 0.1) is 5.52 Å². The van der Waals surface area contributed by atoms with Gasteiger partial charge in [0.25, 0.3) is 0 Å². The Morgan fingerprint density at radius 2 is 2.14 bits per heavy atom. The average Bonchev–Trinajstić information content (AvgIpc) is 2.45. The van der Waals surface area contributed by atoms with Crippen LogP contribution in [0.4, 0.5) is 0 Å². The molecule has 2 rings (SSSR count). The highest BCUT2D eigenvalue weighted by atomic mass is 79.9. The predicted molar refractivity (Wildman–Crippen MR) is 63.2 cm³/mol. The standard InChI is InChI=1S/C11H13BrN2/c1-7(13)9-6-14(2)11-8(9)4-3-5-10(11)12/h3-7H,13H2,1-2H3. The van der Waals surface area contributed by atoms with Gasteiger partial charge in [-0.25, -0.2) is 0 Å². The zero-order valence-corrected chi connectivity index (χ0v) is 9.88. The number of hydrogen-bond acceptors (Lipinski definition) is 1. The molecule has 0 aliphatic carbocycles. The minimum Gasteiger partial charge on any atom is -0.349 e. The summed E-state index contributed by atoms with van der Waals surface area (Å²) in [6.07, 6.45) is 2.10. The van der Waals surface area contributed by atoms with Gasteiger partial charge in [-0.1, -0.05) is 12.1 Å². The monoisotopic (exact) mass is 252 g/mol. The van der Waals surface area contributed by atoms with E-state index in [9.17, 15) is 0 Å². The molecule has 0 fully saturated rings. The number of para-hydroxylation sites is 1. The van der Waals surface area contributed by atoms with E-state index in [1.54, 1.807) is 0 Å². The number of nitrogens with zero attached hydrogens (tertiary/aromatic N) is 1. The van der Waals surface area contributed by atoms with Gasteiger partial charge in [-0.15, -0.1) is 0 Å². The summed E-state index contributed by atoms with van der Waals surface area (Å²) < 4.78 is 3.22. The van der Waals surface area contributed by atoms with Crippen molar-refractivity contribution in [2.75, 3.05) is 0 Å². The van der Waals surface area contributed by atoms with E-state index in [0.29, 0.717) is 0 Å². The molecule has 1 aromatic carbocycles. The van der Waals surface area contributed by atoms with E-state index >= 15 is 0 Å². The lowest BCUT2D eigenvalue weighted by Gasteiger charge is -2.02. The molecule has 1 unspecified atom stereocenters. The molecule has 1 aromatic heterocycles. The number of rotatable bonds is 1. The van der Waals surface area contributed by atoms with Crippen molar-refractivity contribution in [3.63, 3.8) is 0 Å². The van der Waals surface area contributed by atoms with Crippen LogP contribution >= 0.6 is 15.9 Å². The molecule has 0 radical (unpaired) electrons. The molecule has 0 saturated carbocycles. The third kappa shape index (κ3) is 1.37. The van der Waals surface area contributed by atoms with Crippen LogP contribution in [0.2, 0.25) is 0 Å². The summed E-state index contributed by atoms with van der Waals surface area (Å²) in [5.41, 5.74) is 8.32. The molecular weight excluding hydrogens is 240 g/mol. The van der Waals surface area contributed by atoms with Crippen LogP contribution in [0.25, 0.3) is 10.9 Å². The van der Waals surface area contributed by atoms with Crippen molar-refractivity contribution in [1.82, 2.24) is 4.57 Å². The van der Waals surface area contributed by atoms with Gasteiger partial charge in [0.2, 0.25) is 0 Å². The molecule has 2 nitrogen and oxygen atoms in total. The van der Waals surface area contributed by atoms with Crippen LogP contribution in [0.3, 0.4) is 0 Å². The van der Waals surface area contributed by atoms with Crippen LogP contribution in [-0.4, -0.2) is 4.57 Å². The van der Waals surface area contributed by atoms with E-state index in [1.807, 2.05) is 26.1 Å². The fraction of sp³-hybridized carbons (Fsp3) is 0.273. The highest BCUT2D eigenvalue weighted by Crippen LogP contribution is 2.29. The van der Waals surface area contributed by atoms with Crippen molar-refractivity contribution in [1.29, 1.82) is 0 Å². The average molecular weight is 253 g/mol. The molecule has 0 saturated heterocycles. The quantitative estimate of drug-likeness (QED) is 0.832. The Labute approximate surface area is 91.8 Å². The number of aromatic nitrogens is 1. The molecule has 0 amide bonds. The third-order valence-electron chi connectivity index (χ3n) is 2.47. The lowest BCUT2D eigenvalue weighted by Crippen LogP contribution is -2.03. The molecule has 0 aliphatic heterocycles. The lowest BCUT2D eigenvalue weighted by molar-refractivity contribution is 0.815. The largest absolute Gasteiger partial charge is 0.349 e. The summed E-state index contributed by atoms with van der Waals surface area (Å²) in [6, 6.07) is 6.28. The van der Waals surface area contributed by atoms with Gasteiger partial charge in [-0.05, 0) is 34.5 Å². The number of fused-ring (bicyclic) bond motifs is 1. The van der Waals surface area contributed by atoms with Gasteiger partial charge in [-0.2, -0.15) is 0 Å². The smallest absolute Gasteiger partial charge is 0.0625 e. The first kappa shape index (κ1) is 9.74. The summed E-state index contributed by atoms with van der Waals surface area (Å²) in [5, 5.41) is 1.23. The Balaban J connectivity index is 2.84. The van der Waals surface area contributed by atoms with Gasteiger partial charge in [0, 0.05) is 29.1 Å². The second-order valence-corrected chi connectivity index (χ2v) is 4.47. The molecule has 2 aromatic rings. The van der Waals surface area contributed by atoms with Crippen LogP contribution in [0.1, 0.15) is 18.5 Å². The molecule has 0 spiro atoms. The molecule has 74 valence electrons. The fourth-order valence-electron chi connectivity index (χ4n) is 1.81. The van der Waals surface area contributed by atoms with E-state index in [2.05, 4.69) is 32.8 Å². The number of benzene rings is 1. The molecule has 3 heteroatoms. The number of halogens is 1. The Morgan fingerprint density at radius 3 is 2.79 bits per heavy atom. The molecule has 1 heterocycles. The Kier molecular flexibility index (Phi) is 2.37. The molecule has 0 aliphatic rings. The van der Waals surface area contributed by atoms with Gasteiger partial charge in [0.15, 0.2) is 0 Å². The highest BCUT2D eigenvalue weighted by molar-refractivity contribution is 9.10. The van der Waals surface area contributed by atoms with Crippen LogP contribution in [0, 0.1) is 0 Å². The number of aryl methyl sites for hydroxylation is 1. The summed E-state index contributed by atoms with van der Waals surface area (Å²) in [4.78, 5) is 0. The topological polar surface area (TPSA) is 30.9 Å². The fourth-order valence-corrected chi connectivity index (χ4v) is 2.46. The van der Waals surface area contributed by atoms with Crippen molar-refractivity contribution in [3.05, 3.63) is 34.4 Å². The summed E-state index contributed by atoms with van der Waals surface area (Å²) in [7, 11) is 2.04. The van der Waals surface area contributed by atoms with Crippen molar-refractivity contribution >= 4 is 26.8 Å².